The summed E-state index contributed by atoms with van der Waals surface area (Å²) >= 11 is 0. The van der Waals surface area contributed by atoms with E-state index in [1.807, 2.05) is 30.3 Å². The Morgan fingerprint density at radius 1 is 1.10 bits per heavy atom. The van der Waals surface area contributed by atoms with Crippen LogP contribution in [0.1, 0.15) is 24.0 Å². The lowest BCUT2D eigenvalue weighted by molar-refractivity contribution is 0.306. The minimum Gasteiger partial charge on any atom is -0.489 e. The largest absolute Gasteiger partial charge is 0.489 e. The van der Waals surface area contributed by atoms with Crippen LogP contribution in [-0.4, -0.2) is 18.9 Å². The monoisotopic (exact) mass is 280 g/mol. The minimum absolute atomic E-state index is 0.315. The maximum atomic E-state index is 5.81. The number of aliphatic imine (C=N–C) groups is 1. The molecule has 3 heteroatoms. The molecule has 1 atom stereocenters. The predicted octanol–water partition coefficient (Wildman–Crippen LogP) is 3.37. The van der Waals surface area contributed by atoms with Crippen molar-refractivity contribution in [2.45, 2.75) is 19.4 Å². The second-order valence-corrected chi connectivity index (χ2v) is 5.26. The van der Waals surface area contributed by atoms with Crippen molar-refractivity contribution in [2.75, 3.05) is 13.1 Å². The molecular formula is C18H20N2O. The number of nitrogens with zero attached hydrogens (tertiary/aromatic N) is 1. The molecule has 108 valence electrons. The highest BCUT2D eigenvalue weighted by molar-refractivity contribution is 5.89. The lowest BCUT2D eigenvalue weighted by atomic mass is 10.00. The number of amidine groups is 1. The van der Waals surface area contributed by atoms with Crippen LogP contribution in [-0.2, 0) is 6.61 Å². The fraction of sp³-hybridized carbons (Fsp3) is 0.278. The minimum atomic E-state index is 0.315. The molecule has 0 aliphatic carbocycles. The summed E-state index contributed by atoms with van der Waals surface area (Å²) in [5.74, 6) is 2.31. The molecule has 3 rings (SSSR count). The summed E-state index contributed by atoms with van der Waals surface area (Å²) in [5, 5.41) is 3.33. The third-order valence-corrected chi connectivity index (χ3v) is 3.74. The summed E-state index contributed by atoms with van der Waals surface area (Å²) < 4.78 is 5.81. The summed E-state index contributed by atoms with van der Waals surface area (Å²) in [5.41, 5.74) is 2.44. The fourth-order valence-electron chi connectivity index (χ4n) is 2.46. The van der Waals surface area contributed by atoms with Gasteiger partial charge in [0, 0.05) is 12.5 Å². The van der Waals surface area contributed by atoms with Crippen LogP contribution in [0.3, 0.4) is 0 Å². The number of hydrogen-bond donors (Lipinski definition) is 1. The molecule has 3 nitrogen and oxygen atoms in total. The van der Waals surface area contributed by atoms with Crippen molar-refractivity contribution in [2.24, 2.45) is 4.99 Å². The van der Waals surface area contributed by atoms with E-state index in [9.17, 15) is 0 Å². The zero-order valence-corrected chi connectivity index (χ0v) is 12.3. The van der Waals surface area contributed by atoms with Gasteiger partial charge in [-0.05, 0) is 23.3 Å². The summed E-state index contributed by atoms with van der Waals surface area (Å²) in [4.78, 5) is 4.48. The van der Waals surface area contributed by atoms with E-state index < -0.39 is 0 Å². The lowest BCUT2D eigenvalue weighted by Crippen LogP contribution is -2.23. The van der Waals surface area contributed by atoms with Gasteiger partial charge in [0.2, 0.25) is 0 Å². The van der Waals surface area contributed by atoms with Gasteiger partial charge in [-0.15, -0.1) is 0 Å². The van der Waals surface area contributed by atoms with Gasteiger partial charge in [0.1, 0.15) is 18.2 Å². The van der Waals surface area contributed by atoms with Crippen molar-refractivity contribution in [3.05, 3.63) is 65.7 Å². The molecule has 1 unspecified atom stereocenters. The second-order valence-electron chi connectivity index (χ2n) is 5.26. The van der Waals surface area contributed by atoms with Crippen molar-refractivity contribution in [3.63, 3.8) is 0 Å². The molecule has 1 aliphatic rings. The Labute approximate surface area is 125 Å². The fourth-order valence-corrected chi connectivity index (χ4v) is 2.46. The number of nitrogens with one attached hydrogen (secondary N) is 1. The third-order valence-electron chi connectivity index (χ3n) is 3.74. The molecule has 0 spiro atoms. The van der Waals surface area contributed by atoms with Gasteiger partial charge in [-0.1, -0.05) is 49.4 Å². The summed E-state index contributed by atoms with van der Waals surface area (Å²) in [6.07, 6.45) is 0. The SMILES string of the molecule is CC(C1=NCCN1)c1ccc(OCc2ccccc2)cc1. The van der Waals surface area contributed by atoms with Crippen molar-refractivity contribution in [1.29, 1.82) is 0 Å². The molecule has 0 saturated carbocycles. The molecule has 0 amide bonds. The molecule has 2 aromatic rings. The molecule has 0 saturated heterocycles. The summed E-state index contributed by atoms with van der Waals surface area (Å²) in [7, 11) is 0. The molecule has 0 radical (unpaired) electrons. The first kappa shape index (κ1) is 13.7. The average molecular weight is 280 g/mol. The second kappa shape index (κ2) is 6.44. The van der Waals surface area contributed by atoms with Crippen LogP contribution >= 0.6 is 0 Å². The molecule has 0 fully saturated rings. The first-order chi connectivity index (χ1) is 10.3. The zero-order chi connectivity index (χ0) is 14.5. The van der Waals surface area contributed by atoms with E-state index in [2.05, 4.69) is 41.5 Å². The van der Waals surface area contributed by atoms with Gasteiger partial charge in [-0.25, -0.2) is 0 Å². The standard InChI is InChI=1S/C18H20N2O/c1-14(18-19-11-12-20-18)16-7-9-17(10-8-16)21-13-15-5-3-2-4-6-15/h2-10,14H,11-13H2,1H3,(H,19,20). The van der Waals surface area contributed by atoms with Crippen LogP contribution in [0, 0.1) is 0 Å². The molecule has 0 aromatic heterocycles. The van der Waals surface area contributed by atoms with Crippen LogP contribution < -0.4 is 10.1 Å². The predicted molar refractivity (Wildman–Crippen MR) is 85.9 cm³/mol. The molecule has 1 aliphatic heterocycles. The number of ether oxygens (including phenoxy) is 1. The Hall–Kier alpha value is -2.29. The van der Waals surface area contributed by atoms with Crippen LogP contribution in [0.5, 0.6) is 5.75 Å². The van der Waals surface area contributed by atoms with Crippen LogP contribution in [0.25, 0.3) is 0 Å². The average Bonchev–Trinajstić information content (AvgIpc) is 3.08. The molecule has 1 heterocycles. The van der Waals surface area contributed by atoms with Gasteiger partial charge in [0.05, 0.1) is 6.54 Å². The number of benzene rings is 2. The van der Waals surface area contributed by atoms with Gasteiger partial charge in [-0.2, -0.15) is 0 Å². The quantitative estimate of drug-likeness (QED) is 0.911. The first-order valence-electron chi connectivity index (χ1n) is 7.38. The van der Waals surface area contributed by atoms with Crippen molar-refractivity contribution in [1.82, 2.24) is 5.32 Å². The van der Waals surface area contributed by atoms with Gasteiger partial charge in [-0.3, -0.25) is 4.99 Å². The van der Waals surface area contributed by atoms with Gasteiger partial charge in [0.25, 0.3) is 0 Å². The topological polar surface area (TPSA) is 33.6 Å². The summed E-state index contributed by atoms with van der Waals surface area (Å²) in [6.45, 7) is 4.62. The molecule has 0 bridgehead atoms. The smallest absolute Gasteiger partial charge is 0.119 e. The van der Waals surface area contributed by atoms with Gasteiger partial charge >= 0.3 is 0 Å². The van der Waals surface area contributed by atoms with Crippen LogP contribution in [0.2, 0.25) is 0 Å². The first-order valence-corrected chi connectivity index (χ1v) is 7.38. The lowest BCUT2D eigenvalue weighted by Gasteiger charge is -2.13. The van der Waals surface area contributed by atoms with E-state index in [1.54, 1.807) is 0 Å². The van der Waals surface area contributed by atoms with Gasteiger partial charge < -0.3 is 10.1 Å². The highest BCUT2D eigenvalue weighted by atomic mass is 16.5. The highest BCUT2D eigenvalue weighted by Gasteiger charge is 2.15. The van der Waals surface area contributed by atoms with Crippen LogP contribution in [0.15, 0.2) is 59.6 Å². The van der Waals surface area contributed by atoms with E-state index in [-0.39, 0.29) is 0 Å². The Bertz CT molecular complexity index is 605. The van der Waals surface area contributed by atoms with E-state index in [4.69, 9.17) is 4.74 Å². The Kier molecular flexibility index (Phi) is 4.20. The Morgan fingerprint density at radius 3 is 2.52 bits per heavy atom. The van der Waals surface area contributed by atoms with E-state index in [0.29, 0.717) is 12.5 Å². The van der Waals surface area contributed by atoms with Crippen molar-refractivity contribution in [3.8, 4) is 5.75 Å². The highest BCUT2D eigenvalue weighted by Crippen LogP contribution is 2.21. The van der Waals surface area contributed by atoms with Gasteiger partial charge in [0.15, 0.2) is 0 Å². The van der Waals surface area contributed by atoms with E-state index in [0.717, 1.165) is 24.7 Å². The number of rotatable bonds is 5. The third kappa shape index (κ3) is 3.43. The summed E-state index contributed by atoms with van der Waals surface area (Å²) in [6, 6.07) is 18.5. The molecule has 1 N–H and O–H groups in total. The molecule has 2 aromatic carbocycles. The zero-order valence-electron chi connectivity index (χ0n) is 12.3. The maximum Gasteiger partial charge on any atom is 0.119 e. The Morgan fingerprint density at radius 2 is 1.86 bits per heavy atom. The molecule has 21 heavy (non-hydrogen) atoms. The van der Waals surface area contributed by atoms with E-state index in [1.165, 1.54) is 11.1 Å². The Balaban J connectivity index is 1.61. The molecular weight excluding hydrogens is 260 g/mol. The normalized spacial score (nSPS) is 15.2. The van der Waals surface area contributed by atoms with Crippen LogP contribution in [0.4, 0.5) is 0 Å². The number of hydrogen-bond acceptors (Lipinski definition) is 3. The van der Waals surface area contributed by atoms with Crippen molar-refractivity contribution < 1.29 is 4.74 Å². The maximum absolute atomic E-state index is 5.81. The van der Waals surface area contributed by atoms with E-state index >= 15 is 0 Å². The van der Waals surface area contributed by atoms with Crippen molar-refractivity contribution >= 4 is 5.84 Å².